The standard InChI is InChI=1S/C18H27N3O4/c1-10(2)16(19-14(6)22)18(24)21-20-17(23)13(5)25-15-9-7-8-11(3)12(15)4/h7-10,13,16H,1-6H3,(H,19,22)(H,20,23)(H,21,24)/t13-,16-/m1/s1. The monoisotopic (exact) mass is 349 g/mol. The Kier molecular flexibility index (Phi) is 7.42. The molecule has 0 aliphatic carbocycles. The highest BCUT2D eigenvalue weighted by molar-refractivity contribution is 5.89. The Morgan fingerprint density at radius 2 is 1.60 bits per heavy atom. The summed E-state index contributed by atoms with van der Waals surface area (Å²) in [4.78, 5) is 35.4. The predicted molar refractivity (Wildman–Crippen MR) is 94.7 cm³/mol. The van der Waals surface area contributed by atoms with Crippen molar-refractivity contribution in [2.24, 2.45) is 5.92 Å². The van der Waals surface area contributed by atoms with Gasteiger partial charge in [0.15, 0.2) is 6.10 Å². The number of amides is 3. The third-order valence-corrected chi connectivity index (χ3v) is 3.84. The Hall–Kier alpha value is -2.57. The summed E-state index contributed by atoms with van der Waals surface area (Å²) in [6, 6.07) is 4.87. The summed E-state index contributed by atoms with van der Waals surface area (Å²) in [5.41, 5.74) is 6.68. The van der Waals surface area contributed by atoms with Crippen LogP contribution in [0.3, 0.4) is 0 Å². The average Bonchev–Trinajstić information content (AvgIpc) is 2.53. The van der Waals surface area contributed by atoms with Gasteiger partial charge in [-0.3, -0.25) is 25.2 Å². The van der Waals surface area contributed by atoms with Crippen molar-refractivity contribution in [2.45, 2.75) is 53.7 Å². The fourth-order valence-corrected chi connectivity index (χ4v) is 2.15. The number of ether oxygens (including phenoxy) is 1. The Morgan fingerprint density at radius 3 is 2.16 bits per heavy atom. The van der Waals surface area contributed by atoms with Gasteiger partial charge in [0.25, 0.3) is 11.8 Å². The molecule has 0 fully saturated rings. The molecule has 138 valence electrons. The average molecular weight is 349 g/mol. The molecule has 1 rings (SSSR count). The number of hydrazine groups is 1. The molecule has 0 unspecified atom stereocenters. The summed E-state index contributed by atoms with van der Waals surface area (Å²) in [5, 5.41) is 2.55. The minimum atomic E-state index is -0.793. The van der Waals surface area contributed by atoms with Crippen LogP contribution in [-0.2, 0) is 14.4 Å². The molecule has 25 heavy (non-hydrogen) atoms. The molecular weight excluding hydrogens is 322 g/mol. The SMILES string of the molecule is CC(=O)N[C@@H](C(=O)NNC(=O)[C@@H](C)Oc1cccc(C)c1C)C(C)C. The van der Waals surface area contributed by atoms with Gasteiger partial charge in [-0.2, -0.15) is 0 Å². The van der Waals surface area contributed by atoms with Crippen molar-refractivity contribution in [3.63, 3.8) is 0 Å². The summed E-state index contributed by atoms with van der Waals surface area (Å²) in [7, 11) is 0. The summed E-state index contributed by atoms with van der Waals surface area (Å²) in [5.74, 6) is -0.791. The maximum atomic E-state index is 12.1. The third-order valence-electron chi connectivity index (χ3n) is 3.84. The van der Waals surface area contributed by atoms with Gasteiger partial charge in [0, 0.05) is 6.92 Å². The zero-order valence-corrected chi connectivity index (χ0v) is 15.6. The Balaban J connectivity index is 2.61. The van der Waals surface area contributed by atoms with Crippen LogP contribution in [0, 0.1) is 19.8 Å². The number of hydrogen-bond acceptors (Lipinski definition) is 4. The molecule has 0 bridgehead atoms. The minimum Gasteiger partial charge on any atom is -0.481 e. The fourth-order valence-electron chi connectivity index (χ4n) is 2.15. The smallest absolute Gasteiger partial charge is 0.279 e. The van der Waals surface area contributed by atoms with Crippen molar-refractivity contribution in [3.8, 4) is 5.75 Å². The normalized spacial score (nSPS) is 12.9. The highest BCUT2D eigenvalue weighted by atomic mass is 16.5. The highest BCUT2D eigenvalue weighted by Crippen LogP contribution is 2.21. The summed E-state index contributed by atoms with van der Waals surface area (Å²) >= 11 is 0. The summed E-state index contributed by atoms with van der Waals surface area (Å²) < 4.78 is 5.66. The first kappa shape index (κ1) is 20.5. The molecule has 3 amide bonds. The Labute approximate surface area is 148 Å². The van der Waals surface area contributed by atoms with Crippen LogP contribution in [0.2, 0.25) is 0 Å². The number of carbonyl (C=O) groups is 3. The number of nitrogens with one attached hydrogen (secondary N) is 3. The number of carbonyl (C=O) groups excluding carboxylic acids is 3. The van der Waals surface area contributed by atoms with Crippen molar-refractivity contribution in [2.75, 3.05) is 0 Å². The zero-order valence-electron chi connectivity index (χ0n) is 15.6. The van der Waals surface area contributed by atoms with Gasteiger partial charge in [0.05, 0.1) is 0 Å². The van der Waals surface area contributed by atoms with Crippen molar-refractivity contribution < 1.29 is 19.1 Å². The van der Waals surface area contributed by atoms with E-state index in [1.165, 1.54) is 6.92 Å². The van der Waals surface area contributed by atoms with E-state index in [1.807, 2.05) is 26.0 Å². The van der Waals surface area contributed by atoms with Gasteiger partial charge in [-0.1, -0.05) is 26.0 Å². The second-order valence-electron chi connectivity index (χ2n) is 6.36. The van der Waals surface area contributed by atoms with Gasteiger partial charge in [0.1, 0.15) is 11.8 Å². The van der Waals surface area contributed by atoms with Gasteiger partial charge in [0.2, 0.25) is 5.91 Å². The lowest BCUT2D eigenvalue weighted by Gasteiger charge is -2.22. The first-order valence-corrected chi connectivity index (χ1v) is 8.23. The maximum Gasteiger partial charge on any atom is 0.279 e. The molecule has 0 aliphatic heterocycles. The molecule has 0 aromatic heterocycles. The molecule has 0 saturated carbocycles. The molecular formula is C18H27N3O4. The lowest BCUT2D eigenvalue weighted by Crippen LogP contribution is -2.55. The van der Waals surface area contributed by atoms with Crippen LogP contribution in [0.1, 0.15) is 38.8 Å². The molecule has 1 aromatic rings. The van der Waals surface area contributed by atoms with Crippen LogP contribution in [-0.4, -0.2) is 29.9 Å². The summed E-state index contributed by atoms with van der Waals surface area (Å²) in [6.07, 6.45) is -0.793. The topological polar surface area (TPSA) is 96.5 Å². The van der Waals surface area contributed by atoms with E-state index in [1.54, 1.807) is 26.8 Å². The van der Waals surface area contributed by atoms with Gasteiger partial charge < -0.3 is 10.1 Å². The van der Waals surface area contributed by atoms with Crippen LogP contribution in [0.15, 0.2) is 18.2 Å². The molecule has 0 aliphatic rings. The number of aryl methyl sites for hydroxylation is 1. The van der Waals surface area contributed by atoms with Crippen LogP contribution >= 0.6 is 0 Å². The Bertz CT molecular complexity index is 643. The second kappa shape index (κ2) is 9.05. The lowest BCUT2D eigenvalue weighted by atomic mass is 10.0. The van der Waals surface area contributed by atoms with Gasteiger partial charge in [-0.25, -0.2) is 0 Å². The van der Waals surface area contributed by atoms with E-state index in [9.17, 15) is 14.4 Å². The van der Waals surface area contributed by atoms with E-state index >= 15 is 0 Å². The van der Waals surface area contributed by atoms with Crippen LogP contribution in [0.4, 0.5) is 0 Å². The molecule has 0 heterocycles. The molecule has 7 nitrogen and oxygen atoms in total. The van der Waals surface area contributed by atoms with E-state index in [4.69, 9.17) is 4.74 Å². The number of hydrogen-bond donors (Lipinski definition) is 3. The molecule has 7 heteroatoms. The van der Waals surface area contributed by atoms with E-state index < -0.39 is 24.0 Å². The molecule has 0 radical (unpaired) electrons. The van der Waals surface area contributed by atoms with E-state index in [0.717, 1.165) is 11.1 Å². The van der Waals surface area contributed by atoms with Crippen molar-refractivity contribution in [3.05, 3.63) is 29.3 Å². The van der Waals surface area contributed by atoms with Crippen LogP contribution in [0.25, 0.3) is 0 Å². The predicted octanol–water partition coefficient (Wildman–Crippen LogP) is 1.38. The fraction of sp³-hybridized carbons (Fsp3) is 0.500. The second-order valence-corrected chi connectivity index (χ2v) is 6.36. The third kappa shape index (κ3) is 6.10. The maximum absolute atomic E-state index is 12.1. The van der Waals surface area contributed by atoms with Crippen LogP contribution in [0.5, 0.6) is 5.75 Å². The van der Waals surface area contributed by atoms with E-state index in [2.05, 4.69) is 16.2 Å². The van der Waals surface area contributed by atoms with Gasteiger partial charge in [-0.05, 0) is 43.9 Å². The van der Waals surface area contributed by atoms with Crippen molar-refractivity contribution in [1.29, 1.82) is 0 Å². The first-order valence-electron chi connectivity index (χ1n) is 8.23. The highest BCUT2D eigenvalue weighted by Gasteiger charge is 2.24. The van der Waals surface area contributed by atoms with E-state index in [0.29, 0.717) is 5.75 Å². The van der Waals surface area contributed by atoms with Crippen molar-refractivity contribution >= 4 is 17.7 Å². The molecule has 0 spiro atoms. The molecule has 3 N–H and O–H groups in total. The largest absolute Gasteiger partial charge is 0.481 e. The molecule has 2 atom stereocenters. The van der Waals surface area contributed by atoms with Gasteiger partial charge in [-0.15, -0.1) is 0 Å². The van der Waals surface area contributed by atoms with Gasteiger partial charge >= 0.3 is 0 Å². The Morgan fingerprint density at radius 1 is 1.00 bits per heavy atom. The number of benzene rings is 1. The lowest BCUT2D eigenvalue weighted by molar-refractivity contribution is -0.135. The van der Waals surface area contributed by atoms with Crippen LogP contribution < -0.4 is 20.9 Å². The minimum absolute atomic E-state index is 0.121. The molecule has 1 aromatic carbocycles. The zero-order chi connectivity index (χ0) is 19.1. The molecule has 0 saturated heterocycles. The quantitative estimate of drug-likeness (QED) is 0.676. The summed E-state index contributed by atoms with van der Waals surface area (Å²) in [6.45, 7) is 10.4. The van der Waals surface area contributed by atoms with Crippen molar-refractivity contribution in [1.82, 2.24) is 16.2 Å². The first-order chi connectivity index (χ1) is 11.6. The van der Waals surface area contributed by atoms with E-state index in [-0.39, 0.29) is 11.8 Å². The number of rotatable bonds is 6.